The summed E-state index contributed by atoms with van der Waals surface area (Å²) in [6.07, 6.45) is -0.972. The highest BCUT2D eigenvalue weighted by atomic mass is 19.4. The third-order valence-corrected chi connectivity index (χ3v) is 5.92. The summed E-state index contributed by atoms with van der Waals surface area (Å²) < 4.78 is 41.0. The summed E-state index contributed by atoms with van der Waals surface area (Å²) in [6.45, 7) is 5.89. The third kappa shape index (κ3) is 4.62. The van der Waals surface area contributed by atoms with Crippen molar-refractivity contribution < 1.29 is 13.2 Å². The van der Waals surface area contributed by atoms with E-state index in [0.29, 0.717) is 22.8 Å². The minimum Gasteiger partial charge on any atom is -0.303 e. The van der Waals surface area contributed by atoms with Crippen molar-refractivity contribution in [1.82, 2.24) is 24.5 Å². The summed E-state index contributed by atoms with van der Waals surface area (Å²) in [5.74, 6) is 1.30. The molecule has 0 aliphatic carbocycles. The molecule has 0 spiro atoms. The highest BCUT2D eigenvalue weighted by Gasteiger charge is 2.30. The number of hydrogen-bond acceptors (Lipinski definition) is 4. The van der Waals surface area contributed by atoms with Gasteiger partial charge >= 0.3 is 6.18 Å². The number of alkyl halides is 3. The van der Waals surface area contributed by atoms with Crippen LogP contribution in [0.5, 0.6) is 0 Å². The number of aryl methyl sites for hydroxylation is 3. The Kier molecular flexibility index (Phi) is 5.88. The van der Waals surface area contributed by atoms with E-state index in [2.05, 4.69) is 19.5 Å². The SMILES string of the molecule is Cc1cc(-c2ccc(C(F)(F)F)cc2)cc(-c2ccnc(-c3ccnc(-n4c(C)ccc4C)c3)n2)n1. The highest BCUT2D eigenvalue weighted by molar-refractivity contribution is 5.71. The zero-order chi connectivity index (χ0) is 25.4. The van der Waals surface area contributed by atoms with Crippen molar-refractivity contribution in [2.45, 2.75) is 26.9 Å². The topological polar surface area (TPSA) is 56.5 Å². The predicted octanol–water partition coefficient (Wildman–Crippen LogP) is 7.00. The summed E-state index contributed by atoms with van der Waals surface area (Å²) in [5.41, 5.74) is 5.66. The average molecular weight is 486 g/mol. The Morgan fingerprint density at radius 3 is 2.03 bits per heavy atom. The van der Waals surface area contributed by atoms with Gasteiger partial charge in [-0.15, -0.1) is 0 Å². The molecule has 0 unspecified atom stereocenters. The van der Waals surface area contributed by atoms with Crippen LogP contribution in [-0.4, -0.2) is 24.5 Å². The zero-order valence-electron chi connectivity index (χ0n) is 19.9. The number of benzene rings is 1. The molecule has 5 aromatic rings. The van der Waals surface area contributed by atoms with Crippen LogP contribution in [0.3, 0.4) is 0 Å². The van der Waals surface area contributed by atoms with Gasteiger partial charge in [0.15, 0.2) is 5.82 Å². The Hall–Kier alpha value is -4.33. The monoisotopic (exact) mass is 485 g/mol. The Labute approximate surface area is 206 Å². The minimum atomic E-state index is -4.37. The summed E-state index contributed by atoms with van der Waals surface area (Å²) in [5, 5.41) is 0. The van der Waals surface area contributed by atoms with Crippen molar-refractivity contribution in [3.05, 3.63) is 102 Å². The largest absolute Gasteiger partial charge is 0.416 e. The molecule has 0 saturated heterocycles. The normalized spacial score (nSPS) is 11.6. The van der Waals surface area contributed by atoms with Crippen molar-refractivity contribution >= 4 is 0 Å². The fourth-order valence-electron chi connectivity index (χ4n) is 4.17. The Morgan fingerprint density at radius 1 is 0.639 bits per heavy atom. The lowest BCUT2D eigenvalue weighted by atomic mass is 10.0. The van der Waals surface area contributed by atoms with Gasteiger partial charge in [-0.05, 0) is 86.5 Å². The molecular formula is C28H22F3N5. The second kappa shape index (κ2) is 9.03. The van der Waals surface area contributed by atoms with Crippen LogP contribution < -0.4 is 0 Å². The van der Waals surface area contributed by atoms with E-state index in [0.717, 1.165) is 46.2 Å². The fourth-order valence-corrected chi connectivity index (χ4v) is 4.17. The van der Waals surface area contributed by atoms with Crippen molar-refractivity contribution in [3.8, 4) is 39.7 Å². The van der Waals surface area contributed by atoms with Gasteiger partial charge in [0.25, 0.3) is 0 Å². The molecule has 0 aliphatic rings. The number of nitrogens with zero attached hydrogens (tertiary/aromatic N) is 5. The van der Waals surface area contributed by atoms with Crippen LogP contribution in [0.15, 0.2) is 79.1 Å². The summed E-state index contributed by atoms with van der Waals surface area (Å²) in [6, 6.07) is 18.4. The lowest BCUT2D eigenvalue weighted by Gasteiger charge is -2.11. The molecule has 0 N–H and O–H groups in total. The lowest BCUT2D eigenvalue weighted by Crippen LogP contribution is -2.04. The summed E-state index contributed by atoms with van der Waals surface area (Å²) in [4.78, 5) is 18.3. The fraction of sp³-hybridized carbons (Fsp3) is 0.143. The van der Waals surface area contributed by atoms with Gasteiger partial charge in [-0.2, -0.15) is 13.2 Å². The van der Waals surface area contributed by atoms with E-state index < -0.39 is 11.7 Å². The van der Waals surface area contributed by atoms with Gasteiger partial charge in [0.05, 0.1) is 17.0 Å². The molecule has 180 valence electrons. The molecule has 0 amide bonds. The van der Waals surface area contributed by atoms with E-state index in [1.807, 2.05) is 57.2 Å². The van der Waals surface area contributed by atoms with Gasteiger partial charge < -0.3 is 4.57 Å². The van der Waals surface area contributed by atoms with E-state index in [1.54, 1.807) is 18.5 Å². The van der Waals surface area contributed by atoms with Crippen LogP contribution in [0.2, 0.25) is 0 Å². The number of halogens is 3. The van der Waals surface area contributed by atoms with E-state index >= 15 is 0 Å². The first kappa shape index (κ1) is 23.4. The van der Waals surface area contributed by atoms with Crippen LogP contribution in [-0.2, 0) is 6.18 Å². The molecule has 8 heteroatoms. The van der Waals surface area contributed by atoms with Crippen LogP contribution in [0.4, 0.5) is 13.2 Å². The molecule has 0 aliphatic heterocycles. The van der Waals surface area contributed by atoms with Crippen LogP contribution in [0.25, 0.3) is 39.7 Å². The Bertz CT molecular complexity index is 1530. The van der Waals surface area contributed by atoms with Gasteiger partial charge in [-0.1, -0.05) is 12.1 Å². The van der Waals surface area contributed by atoms with Crippen LogP contribution in [0.1, 0.15) is 22.6 Å². The van der Waals surface area contributed by atoms with Crippen molar-refractivity contribution in [3.63, 3.8) is 0 Å². The van der Waals surface area contributed by atoms with Crippen molar-refractivity contribution in [2.75, 3.05) is 0 Å². The third-order valence-electron chi connectivity index (χ3n) is 5.92. The molecule has 5 rings (SSSR count). The maximum atomic E-state index is 13.0. The smallest absolute Gasteiger partial charge is 0.303 e. The van der Waals surface area contributed by atoms with Crippen LogP contribution >= 0.6 is 0 Å². The number of aromatic nitrogens is 5. The van der Waals surface area contributed by atoms with Gasteiger partial charge in [0, 0.05) is 35.0 Å². The van der Waals surface area contributed by atoms with Crippen LogP contribution in [0, 0.1) is 20.8 Å². The number of rotatable bonds is 4. The molecule has 4 heterocycles. The first-order chi connectivity index (χ1) is 17.2. The van der Waals surface area contributed by atoms with E-state index in [9.17, 15) is 13.2 Å². The Morgan fingerprint density at radius 2 is 1.33 bits per heavy atom. The summed E-state index contributed by atoms with van der Waals surface area (Å²) >= 11 is 0. The molecule has 1 aromatic carbocycles. The summed E-state index contributed by atoms with van der Waals surface area (Å²) in [7, 11) is 0. The maximum absolute atomic E-state index is 13.0. The van der Waals surface area contributed by atoms with E-state index in [1.165, 1.54) is 12.1 Å². The average Bonchev–Trinajstić information content (AvgIpc) is 3.21. The van der Waals surface area contributed by atoms with E-state index in [-0.39, 0.29) is 0 Å². The van der Waals surface area contributed by atoms with Gasteiger partial charge in [0.1, 0.15) is 5.82 Å². The van der Waals surface area contributed by atoms with Crippen molar-refractivity contribution in [1.29, 1.82) is 0 Å². The standard InChI is InChI=1S/C28H22F3N5/c1-17-14-22(20-6-8-23(9-7-20)28(29,30)31)15-25(34-17)24-11-13-33-27(35-24)21-10-12-32-26(16-21)36-18(2)4-5-19(36)3/h4-16H,1-3H3. The molecule has 5 nitrogen and oxygen atoms in total. The molecule has 0 fully saturated rings. The molecule has 0 radical (unpaired) electrons. The molecule has 36 heavy (non-hydrogen) atoms. The predicted molar refractivity (Wildman–Crippen MR) is 132 cm³/mol. The Balaban J connectivity index is 1.51. The van der Waals surface area contributed by atoms with Gasteiger partial charge in [0.2, 0.25) is 0 Å². The van der Waals surface area contributed by atoms with Gasteiger partial charge in [-0.3, -0.25) is 4.98 Å². The molecule has 4 aromatic heterocycles. The minimum absolute atomic E-state index is 0.526. The highest BCUT2D eigenvalue weighted by Crippen LogP contribution is 2.32. The molecule has 0 bridgehead atoms. The zero-order valence-corrected chi connectivity index (χ0v) is 19.9. The van der Waals surface area contributed by atoms with E-state index in [4.69, 9.17) is 4.98 Å². The number of pyridine rings is 2. The quantitative estimate of drug-likeness (QED) is 0.275. The second-order valence-electron chi connectivity index (χ2n) is 8.58. The first-order valence-electron chi connectivity index (χ1n) is 11.3. The second-order valence-corrected chi connectivity index (χ2v) is 8.58. The number of hydrogen-bond donors (Lipinski definition) is 0. The van der Waals surface area contributed by atoms with Crippen molar-refractivity contribution in [2.24, 2.45) is 0 Å². The molecular weight excluding hydrogens is 463 g/mol. The van der Waals surface area contributed by atoms with Gasteiger partial charge in [-0.25, -0.2) is 15.0 Å². The molecule has 0 atom stereocenters. The first-order valence-corrected chi connectivity index (χ1v) is 11.3. The lowest BCUT2D eigenvalue weighted by molar-refractivity contribution is -0.137. The maximum Gasteiger partial charge on any atom is 0.416 e. The molecule has 0 saturated carbocycles.